The fraction of sp³-hybridized carbons (Fsp3) is 0.269. The summed E-state index contributed by atoms with van der Waals surface area (Å²) >= 11 is -1.67. The number of ether oxygens (including phenoxy) is 4. The number of aromatic amines is 1. The Labute approximate surface area is 228 Å². The second-order valence-electron chi connectivity index (χ2n) is 8.44. The van der Waals surface area contributed by atoms with E-state index in [-0.39, 0.29) is 38.6 Å². The van der Waals surface area contributed by atoms with Gasteiger partial charge in [0.25, 0.3) is 0 Å². The number of esters is 1. The molecule has 2 heterocycles. The average molecular weight is 574 g/mol. The molecule has 0 spiro atoms. The topological polar surface area (TPSA) is 153 Å². The molecule has 0 radical (unpaired) electrons. The van der Waals surface area contributed by atoms with Crippen molar-refractivity contribution >= 4 is 38.0 Å². The number of imidazole rings is 1. The van der Waals surface area contributed by atoms with Crippen molar-refractivity contribution < 1.29 is 36.7 Å². The summed E-state index contributed by atoms with van der Waals surface area (Å²) in [6.07, 6.45) is 1.65. The molecular weight excluding hydrogens is 546 g/mol. The Morgan fingerprint density at radius 2 is 1.77 bits per heavy atom. The molecule has 13 heteroatoms. The van der Waals surface area contributed by atoms with Crippen molar-refractivity contribution in [3.05, 3.63) is 59.4 Å². The van der Waals surface area contributed by atoms with E-state index in [4.69, 9.17) is 14.2 Å². The maximum Gasteiger partial charge on any atom is 0.343 e. The Hall–Kier alpha value is -3.81. The van der Waals surface area contributed by atoms with Crippen LogP contribution in [0.1, 0.15) is 16.8 Å². The number of aryl methyl sites for hydroxylation is 1. The van der Waals surface area contributed by atoms with Crippen LogP contribution in [0.5, 0.6) is 17.2 Å². The lowest BCUT2D eigenvalue weighted by Gasteiger charge is -2.13. The lowest BCUT2D eigenvalue weighted by molar-refractivity contribution is -0.142. The van der Waals surface area contributed by atoms with Gasteiger partial charge in [-0.3, -0.25) is 9.97 Å². The summed E-state index contributed by atoms with van der Waals surface area (Å²) in [5.74, 6) is 0.727. The van der Waals surface area contributed by atoms with Gasteiger partial charge in [0.15, 0.2) is 12.4 Å². The summed E-state index contributed by atoms with van der Waals surface area (Å²) in [5, 5.41) is 0.0991. The quantitative estimate of drug-likeness (QED) is 0.221. The van der Waals surface area contributed by atoms with Crippen LogP contribution in [0.4, 0.5) is 0 Å². The summed E-state index contributed by atoms with van der Waals surface area (Å²) in [4.78, 5) is 22.9. The fourth-order valence-corrected chi connectivity index (χ4v) is 6.44. The summed E-state index contributed by atoms with van der Waals surface area (Å²) in [6.45, 7) is 3.40. The highest BCUT2D eigenvalue weighted by Crippen LogP contribution is 2.33. The first-order chi connectivity index (χ1) is 18.6. The first-order valence-electron chi connectivity index (χ1n) is 11.6. The van der Waals surface area contributed by atoms with E-state index < -0.39 is 27.0 Å². The maximum atomic E-state index is 13.6. The van der Waals surface area contributed by atoms with Crippen LogP contribution in [0.15, 0.2) is 57.5 Å². The molecule has 1 unspecified atom stereocenters. The van der Waals surface area contributed by atoms with Gasteiger partial charge in [-0.1, -0.05) is 0 Å². The number of carbonyl (C=O) groups excluding carboxylic acids is 1. The highest BCUT2D eigenvalue weighted by Gasteiger charge is 2.27. The van der Waals surface area contributed by atoms with E-state index >= 15 is 0 Å². The van der Waals surface area contributed by atoms with Gasteiger partial charge in [-0.05, 0) is 38.1 Å². The zero-order chi connectivity index (χ0) is 28.3. The van der Waals surface area contributed by atoms with Crippen LogP contribution in [0.2, 0.25) is 0 Å². The Kier molecular flexibility index (Phi) is 8.33. The van der Waals surface area contributed by atoms with Crippen molar-refractivity contribution in [2.75, 3.05) is 27.9 Å². The molecular formula is C26H27N3O8S2. The zero-order valence-electron chi connectivity index (χ0n) is 21.9. The molecule has 39 heavy (non-hydrogen) atoms. The highest BCUT2D eigenvalue weighted by molar-refractivity contribution is 7.91. The standard InChI is InChI=1S/C26H27N3O8S2/c1-15-12-27-21(16(2)25(15)36-5)14-38(31)26-28-20-10-18(34-3)11-22(24(20)29-26)39(32,33)19-8-6-17(7-9-19)37-13-23(30)35-4/h6-12H,13-14H2,1-5H3,(H,28,29). The number of aromatic nitrogens is 3. The molecule has 206 valence electrons. The number of H-pyrrole nitrogens is 1. The molecule has 0 aliphatic rings. The molecule has 1 N–H and O–H groups in total. The number of nitrogens with one attached hydrogen (secondary N) is 1. The maximum absolute atomic E-state index is 13.6. The Bertz CT molecular complexity index is 1620. The molecule has 0 saturated carbocycles. The van der Waals surface area contributed by atoms with Crippen molar-refractivity contribution in [3.8, 4) is 17.2 Å². The summed E-state index contributed by atoms with van der Waals surface area (Å²) in [7, 11) is 0.139. The molecule has 2 aromatic heterocycles. The smallest absolute Gasteiger partial charge is 0.343 e. The van der Waals surface area contributed by atoms with Crippen LogP contribution in [0.3, 0.4) is 0 Å². The minimum atomic E-state index is -4.08. The third-order valence-electron chi connectivity index (χ3n) is 5.98. The predicted molar refractivity (Wildman–Crippen MR) is 142 cm³/mol. The van der Waals surface area contributed by atoms with Gasteiger partial charge in [0.2, 0.25) is 9.84 Å². The number of nitrogens with zero attached hydrogens (tertiary/aromatic N) is 2. The van der Waals surface area contributed by atoms with Crippen LogP contribution in [-0.2, 0) is 36.3 Å². The number of hydrogen-bond acceptors (Lipinski definition) is 10. The number of hydrogen-bond donors (Lipinski definition) is 1. The molecule has 0 aliphatic heterocycles. The van der Waals surface area contributed by atoms with Crippen molar-refractivity contribution in [1.82, 2.24) is 15.0 Å². The number of pyridine rings is 1. The predicted octanol–water partition coefficient (Wildman–Crippen LogP) is 3.28. The summed E-state index contributed by atoms with van der Waals surface area (Å²) < 4.78 is 61.1. The van der Waals surface area contributed by atoms with Gasteiger partial charge in [0.1, 0.15) is 27.7 Å². The van der Waals surface area contributed by atoms with Crippen molar-refractivity contribution in [3.63, 3.8) is 0 Å². The van der Waals surface area contributed by atoms with Crippen molar-refractivity contribution in [1.29, 1.82) is 0 Å². The van der Waals surface area contributed by atoms with E-state index in [1.165, 1.54) is 44.6 Å². The molecule has 0 bridgehead atoms. The molecule has 0 fully saturated rings. The normalized spacial score (nSPS) is 12.3. The van der Waals surface area contributed by atoms with Gasteiger partial charge < -0.3 is 23.5 Å². The first-order valence-corrected chi connectivity index (χ1v) is 14.4. The van der Waals surface area contributed by atoms with Crippen LogP contribution in [0.25, 0.3) is 11.0 Å². The van der Waals surface area contributed by atoms with Gasteiger partial charge in [-0.25, -0.2) is 13.2 Å². The molecule has 4 aromatic rings. The largest absolute Gasteiger partial charge is 0.609 e. The number of rotatable bonds is 10. The number of fused-ring (bicyclic) bond motifs is 1. The monoisotopic (exact) mass is 573 g/mol. The van der Waals surface area contributed by atoms with Gasteiger partial charge in [-0.2, -0.15) is 4.98 Å². The van der Waals surface area contributed by atoms with E-state index in [2.05, 4.69) is 19.7 Å². The third-order valence-corrected chi connectivity index (χ3v) is 8.92. The van der Waals surface area contributed by atoms with Crippen LogP contribution >= 0.6 is 0 Å². The number of methoxy groups -OCH3 is 3. The third kappa shape index (κ3) is 5.79. The Morgan fingerprint density at radius 1 is 1.05 bits per heavy atom. The highest BCUT2D eigenvalue weighted by atomic mass is 32.2. The van der Waals surface area contributed by atoms with Gasteiger partial charge in [0, 0.05) is 40.6 Å². The van der Waals surface area contributed by atoms with Gasteiger partial charge in [0.05, 0.1) is 37.4 Å². The van der Waals surface area contributed by atoms with E-state index in [1.54, 1.807) is 19.4 Å². The minimum Gasteiger partial charge on any atom is -0.609 e. The van der Waals surface area contributed by atoms with E-state index in [9.17, 15) is 17.8 Å². The molecule has 0 saturated heterocycles. The molecule has 1 atom stereocenters. The van der Waals surface area contributed by atoms with E-state index in [0.29, 0.717) is 22.7 Å². The molecule has 11 nitrogen and oxygen atoms in total. The minimum absolute atomic E-state index is 0.0280. The van der Waals surface area contributed by atoms with Crippen LogP contribution in [0, 0.1) is 13.8 Å². The van der Waals surface area contributed by atoms with E-state index in [1.807, 2.05) is 13.8 Å². The summed E-state index contributed by atoms with van der Waals surface area (Å²) in [6, 6.07) is 8.54. The lowest BCUT2D eigenvalue weighted by atomic mass is 10.1. The second-order valence-corrected chi connectivity index (χ2v) is 11.7. The Morgan fingerprint density at radius 3 is 2.41 bits per heavy atom. The lowest BCUT2D eigenvalue weighted by Crippen LogP contribution is -2.12. The number of sulfone groups is 1. The second kappa shape index (κ2) is 11.5. The van der Waals surface area contributed by atoms with Crippen LogP contribution in [-0.4, -0.2) is 61.8 Å². The average Bonchev–Trinajstić information content (AvgIpc) is 3.37. The molecule has 4 rings (SSSR count). The SMILES string of the molecule is COC(=O)COc1ccc(S(=O)(=O)c2cc(OC)cc3[nH]c([S+]([O-])Cc4ncc(C)c(OC)c4C)nc23)cc1. The molecule has 0 aliphatic carbocycles. The zero-order valence-corrected chi connectivity index (χ0v) is 23.6. The van der Waals surface area contributed by atoms with Crippen LogP contribution < -0.4 is 14.2 Å². The van der Waals surface area contributed by atoms with Gasteiger partial charge in [-0.15, -0.1) is 0 Å². The number of carbonyl (C=O) groups is 1. The van der Waals surface area contributed by atoms with Crippen molar-refractivity contribution in [2.24, 2.45) is 0 Å². The first kappa shape index (κ1) is 28.2. The molecule has 2 aromatic carbocycles. The fourth-order valence-electron chi connectivity index (χ4n) is 3.92. The Balaban J connectivity index is 1.69. The van der Waals surface area contributed by atoms with E-state index in [0.717, 1.165) is 11.1 Å². The van der Waals surface area contributed by atoms with Gasteiger partial charge >= 0.3 is 11.1 Å². The summed E-state index contributed by atoms with van der Waals surface area (Å²) in [5.41, 5.74) is 2.68. The number of benzene rings is 2. The van der Waals surface area contributed by atoms with Crippen molar-refractivity contribution in [2.45, 2.75) is 34.5 Å². The molecule has 0 amide bonds.